The van der Waals surface area contributed by atoms with E-state index < -0.39 is 0 Å². The number of rotatable bonds is 4. The van der Waals surface area contributed by atoms with E-state index in [0.29, 0.717) is 31.5 Å². The first kappa shape index (κ1) is 20.1. The van der Waals surface area contributed by atoms with E-state index in [1.54, 1.807) is 9.42 Å². The van der Waals surface area contributed by atoms with Crippen LogP contribution < -0.4 is 10.3 Å². The fourth-order valence-electron chi connectivity index (χ4n) is 3.46. The Morgan fingerprint density at radius 2 is 2.03 bits per heavy atom. The highest BCUT2D eigenvalue weighted by Crippen LogP contribution is 2.23. The summed E-state index contributed by atoms with van der Waals surface area (Å²) in [6.07, 6.45) is 4.85. The Balaban J connectivity index is 1.32. The predicted octanol–water partition coefficient (Wildman–Crippen LogP) is 2.04. The quantitative estimate of drug-likeness (QED) is 0.706. The van der Waals surface area contributed by atoms with Gasteiger partial charge in [0.05, 0.1) is 24.8 Å². The molecule has 0 bridgehead atoms. The fraction of sp³-hybridized carbons (Fsp3) is 0.476. The van der Waals surface area contributed by atoms with E-state index in [2.05, 4.69) is 40.8 Å². The molecule has 3 aromatic heterocycles. The monoisotopic (exact) mass is 410 g/mol. The maximum Gasteiger partial charge on any atom is 0.272 e. The zero-order chi connectivity index (χ0) is 21.3. The lowest BCUT2D eigenvalue weighted by Crippen LogP contribution is -2.40. The smallest absolute Gasteiger partial charge is 0.272 e. The van der Waals surface area contributed by atoms with E-state index in [1.165, 1.54) is 12.4 Å². The second-order valence-corrected chi connectivity index (χ2v) is 8.69. The molecule has 158 valence electrons. The fourth-order valence-corrected chi connectivity index (χ4v) is 3.46. The van der Waals surface area contributed by atoms with Gasteiger partial charge in [-0.25, -0.2) is 14.5 Å². The Morgan fingerprint density at radius 3 is 2.73 bits per heavy atom. The van der Waals surface area contributed by atoms with Gasteiger partial charge >= 0.3 is 0 Å². The van der Waals surface area contributed by atoms with Gasteiger partial charge < -0.3 is 14.6 Å². The van der Waals surface area contributed by atoms with Crippen molar-refractivity contribution in [3.05, 3.63) is 52.5 Å². The van der Waals surface area contributed by atoms with Gasteiger partial charge in [-0.15, -0.1) is 5.10 Å². The van der Waals surface area contributed by atoms with E-state index in [4.69, 9.17) is 4.74 Å². The number of imidazole rings is 1. The first-order valence-electron chi connectivity index (χ1n) is 10.1. The summed E-state index contributed by atoms with van der Waals surface area (Å²) < 4.78 is 7.68. The van der Waals surface area contributed by atoms with Crippen molar-refractivity contribution in [3.63, 3.8) is 0 Å². The van der Waals surface area contributed by atoms with E-state index >= 15 is 0 Å². The molecule has 1 N–H and O–H groups in total. The average Bonchev–Trinajstić information content (AvgIpc) is 3.16. The van der Waals surface area contributed by atoms with Crippen LogP contribution in [0.3, 0.4) is 0 Å². The highest BCUT2D eigenvalue weighted by molar-refractivity contribution is 5.92. The van der Waals surface area contributed by atoms with Crippen LogP contribution in [0, 0.1) is 5.92 Å². The van der Waals surface area contributed by atoms with Gasteiger partial charge in [-0.3, -0.25) is 9.59 Å². The first-order chi connectivity index (χ1) is 14.3. The molecule has 3 aromatic rings. The number of carbonyl (C=O) groups excluding carboxylic acids is 1. The molecule has 1 aliphatic rings. The summed E-state index contributed by atoms with van der Waals surface area (Å²) in [6, 6.07) is 4.99. The molecule has 1 fully saturated rings. The molecular weight excluding hydrogens is 384 g/mol. The third-order valence-electron chi connectivity index (χ3n) is 5.33. The Morgan fingerprint density at radius 1 is 1.27 bits per heavy atom. The number of hydrogen-bond donors (Lipinski definition) is 1. The van der Waals surface area contributed by atoms with Crippen LogP contribution in [0.5, 0.6) is 5.88 Å². The number of fused-ring (bicyclic) bond motifs is 1. The highest BCUT2D eigenvalue weighted by atomic mass is 16.5. The van der Waals surface area contributed by atoms with E-state index in [-0.39, 0.29) is 22.6 Å². The minimum Gasteiger partial charge on any atom is -0.476 e. The van der Waals surface area contributed by atoms with Crippen molar-refractivity contribution in [3.8, 4) is 5.88 Å². The number of ether oxygens (including phenoxy) is 1. The molecule has 4 heterocycles. The van der Waals surface area contributed by atoms with Crippen LogP contribution in [0.2, 0.25) is 0 Å². The van der Waals surface area contributed by atoms with E-state index in [0.717, 1.165) is 24.2 Å². The molecule has 0 saturated carbocycles. The molecule has 9 nitrogen and oxygen atoms in total. The summed E-state index contributed by atoms with van der Waals surface area (Å²) >= 11 is 0. The lowest BCUT2D eigenvalue weighted by molar-refractivity contribution is 0.0652. The zero-order valence-corrected chi connectivity index (χ0v) is 17.5. The lowest BCUT2D eigenvalue weighted by Gasteiger charge is -2.31. The molecule has 0 aliphatic carbocycles. The Bertz CT molecular complexity index is 1110. The Labute approximate surface area is 174 Å². The normalized spacial score (nSPS) is 15.5. The number of hydrogen-bond acceptors (Lipinski definition) is 6. The van der Waals surface area contributed by atoms with Crippen molar-refractivity contribution in [1.29, 1.82) is 0 Å². The molecule has 0 atom stereocenters. The SMILES string of the molecule is CC(C)(C)c1cn2nc(OCC3CCN(C(=O)c4cc(=O)[nH]cn4)CC3)ccc2n1. The number of H-pyrrole nitrogens is 1. The number of likely N-dealkylation sites (tertiary alicyclic amines) is 1. The number of nitrogens with zero attached hydrogens (tertiary/aromatic N) is 5. The average molecular weight is 410 g/mol. The molecule has 0 radical (unpaired) electrons. The van der Waals surface area contributed by atoms with Crippen LogP contribution in [0.4, 0.5) is 0 Å². The van der Waals surface area contributed by atoms with Gasteiger partial charge in [-0.1, -0.05) is 20.8 Å². The van der Waals surface area contributed by atoms with Crippen LogP contribution >= 0.6 is 0 Å². The maximum atomic E-state index is 12.5. The van der Waals surface area contributed by atoms with Crippen LogP contribution in [-0.4, -0.2) is 55.1 Å². The highest BCUT2D eigenvalue weighted by Gasteiger charge is 2.25. The zero-order valence-electron chi connectivity index (χ0n) is 17.5. The van der Waals surface area contributed by atoms with Crippen molar-refractivity contribution in [2.75, 3.05) is 19.7 Å². The number of carbonyl (C=O) groups is 1. The molecule has 9 heteroatoms. The van der Waals surface area contributed by atoms with Gasteiger partial charge in [0.2, 0.25) is 5.88 Å². The lowest BCUT2D eigenvalue weighted by atomic mass is 9.93. The third-order valence-corrected chi connectivity index (χ3v) is 5.33. The first-order valence-corrected chi connectivity index (χ1v) is 10.1. The summed E-state index contributed by atoms with van der Waals surface area (Å²) in [6.45, 7) is 8.14. The van der Waals surface area contributed by atoms with Crippen molar-refractivity contribution in [1.82, 2.24) is 29.5 Å². The number of aromatic nitrogens is 5. The molecule has 0 aromatic carbocycles. The van der Waals surface area contributed by atoms with Crippen molar-refractivity contribution >= 4 is 11.6 Å². The number of nitrogens with one attached hydrogen (secondary N) is 1. The van der Waals surface area contributed by atoms with Gasteiger partial charge in [-0.2, -0.15) is 0 Å². The molecule has 4 rings (SSSR count). The number of amides is 1. The minimum atomic E-state index is -0.325. The summed E-state index contributed by atoms with van der Waals surface area (Å²) in [5.41, 5.74) is 1.60. The molecule has 30 heavy (non-hydrogen) atoms. The molecule has 1 amide bonds. The minimum absolute atomic E-state index is 0.0388. The molecular formula is C21H26N6O3. The predicted molar refractivity (Wildman–Crippen MR) is 111 cm³/mol. The largest absolute Gasteiger partial charge is 0.476 e. The van der Waals surface area contributed by atoms with Crippen molar-refractivity contribution < 1.29 is 9.53 Å². The standard InChI is InChI=1S/C21H26N6O3/c1-21(2,3)16-11-27-17(24-16)4-5-19(25-27)30-12-14-6-8-26(9-7-14)20(29)15-10-18(28)23-13-22-15/h4-5,10-11,13-14H,6-9,12H2,1-3H3,(H,22,23,28). The van der Waals surface area contributed by atoms with Gasteiger partial charge in [0.25, 0.3) is 11.5 Å². The molecule has 0 unspecified atom stereocenters. The number of piperidine rings is 1. The van der Waals surface area contributed by atoms with E-state index in [9.17, 15) is 9.59 Å². The van der Waals surface area contributed by atoms with Crippen molar-refractivity contribution in [2.45, 2.75) is 39.0 Å². The van der Waals surface area contributed by atoms with Gasteiger partial charge in [0, 0.05) is 30.6 Å². The van der Waals surface area contributed by atoms with Crippen LogP contribution in [0.25, 0.3) is 5.65 Å². The molecule has 1 saturated heterocycles. The maximum absolute atomic E-state index is 12.5. The van der Waals surface area contributed by atoms with Gasteiger partial charge in [-0.05, 0) is 24.8 Å². The topological polar surface area (TPSA) is 105 Å². The van der Waals surface area contributed by atoms with Crippen LogP contribution in [-0.2, 0) is 5.41 Å². The van der Waals surface area contributed by atoms with Crippen LogP contribution in [0.1, 0.15) is 49.8 Å². The summed E-state index contributed by atoms with van der Waals surface area (Å²) in [7, 11) is 0. The summed E-state index contributed by atoms with van der Waals surface area (Å²) in [4.78, 5) is 36.6. The van der Waals surface area contributed by atoms with Gasteiger partial charge in [0.15, 0.2) is 5.65 Å². The molecule has 1 aliphatic heterocycles. The summed E-state index contributed by atoms with van der Waals surface area (Å²) in [5.74, 6) is 0.695. The van der Waals surface area contributed by atoms with Crippen molar-refractivity contribution in [2.24, 2.45) is 5.92 Å². The second-order valence-electron chi connectivity index (χ2n) is 8.69. The second kappa shape index (κ2) is 7.89. The van der Waals surface area contributed by atoms with Crippen LogP contribution in [0.15, 0.2) is 35.5 Å². The third kappa shape index (κ3) is 4.34. The summed E-state index contributed by atoms with van der Waals surface area (Å²) in [5, 5.41) is 4.51. The number of aromatic amines is 1. The Kier molecular flexibility index (Phi) is 5.27. The Hall–Kier alpha value is -3.23. The van der Waals surface area contributed by atoms with E-state index in [1.807, 2.05) is 18.3 Å². The molecule has 0 spiro atoms. The van der Waals surface area contributed by atoms with Gasteiger partial charge in [0.1, 0.15) is 5.69 Å².